The zero-order valence-corrected chi connectivity index (χ0v) is 18.2. The first-order chi connectivity index (χ1) is 14.2. The Labute approximate surface area is 176 Å². The third-order valence-corrected chi connectivity index (χ3v) is 5.50. The molecule has 0 radical (unpaired) electrons. The predicted octanol–water partition coefficient (Wildman–Crippen LogP) is 3.06. The highest BCUT2D eigenvalue weighted by Gasteiger charge is 2.32. The van der Waals surface area contributed by atoms with Gasteiger partial charge in [0.1, 0.15) is 11.8 Å². The number of para-hydroxylation sites is 1. The Bertz CT molecular complexity index is 989. The molecule has 0 aromatic heterocycles. The zero-order chi connectivity index (χ0) is 22.3. The van der Waals surface area contributed by atoms with Gasteiger partial charge in [0.25, 0.3) is 0 Å². The maximum atomic E-state index is 13.0. The number of carbonyl (C=O) groups is 2. The third kappa shape index (κ3) is 5.50. The summed E-state index contributed by atoms with van der Waals surface area (Å²) in [7, 11) is -2.54. The summed E-state index contributed by atoms with van der Waals surface area (Å²) < 4.78 is 36.3. The summed E-state index contributed by atoms with van der Waals surface area (Å²) >= 11 is 0. The largest absolute Gasteiger partial charge is 0.494 e. The van der Waals surface area contributed by atoms with Gasteiger partial charge in [-0.1, -0.05) is 19.1 Å². The number of benzene rings is 2. The van der Waals surface area contributed by atoms with Crippen molar-refractivity contribution >= 4 is 33.3 Å². The minimum Gasteiger partial charge on any atom is -0.494 e. The second-order valence-electron chi connectivity index (χ2n) is 6.44. The number of esters is 1. The number of hydrogen-bond acceptors (Lipinski definition) is 6. The fourth-order valence-electron chi connectivity index (χ4n) is 3.01. The van der Waals surface area contributed by atoms with Gasteiger partial charge in [-0.3, -0.25) is 9.10 Å². The fourth-order valence-corrected chi connectivity index (χ4v) is 4.22. The number of amides is 1. The van der Waals surface area contributed by atoms with Crippen molar-refractivity contribution in [3.63, 3.8) is 0 Å². The molecule has 2 aromatic rings. The second-order valence-corrected chi connectivity index (χ2v) is 8.30. The Morgan fingerprint density at radius 3 is 2.23 bits per heavy atom. The van der Waals surface area contributed by atoms with Crippen molar-refractivity contribution < 1.29 is 27.5 Å². The molecule has 0 fully saturated rings. The molecular weight excluding hydrogens is 408 g/mol. The van der Waals surface area contributed by atoms with E-state index in [-0.39, 0.29) is 17.7 Å². The molecule has 162 valence electrons. The maximum absolute atomic E-state index is 13.0. The summed E-state index contributed by atoms with van der Waals surface area (Å²) in [5.74, 6) is -0.571. The highest BCUT2D eigenvalue weighted by Crippen LogP contribution is 2.26. The first-order valence-corrected chi connectivity index (χ1v) is 11.3. The van der Waals surface area contributed by atoms with Gasteiger partial charge in [-0.2, -0.15) is 0 Å². The van der Waals surface area contributed by atoms with E-state index in [1.165, 1.54) is 13.2 Å². The minimum absolute atomic E-state index is 0.176. The number of carbonyl (C=O) groups excluding carboxylic acids is 2. The lowest BCUT2D eigenvalue weighted by Crippen LogP contribution is -2.47. The normalized spacial score (nSPS) is 12.0. The topological polar surface area (TPSA) is 102 Å². The van der Waals surface area contributed by atoms with Crippen LogP contribution < -0.4 is 14.4 Å². The molecule has 30 heavy (non-hydrogen) atoms. The van der Waals surface area contributed by atoms with Crippen LogP contribution in [0, 0.1) is 0 Å². The van der Waals surface area contributed by atoms with Crippen LogP contribution in [0.5, 0.6) is 5.75 Å². The van der Waals surface area contributed by atoms with Gasteiger partial charge in [0, 0.05) is 0 Å². The van der Waals surface area contributed by atoms with E-state index in [9.17, 15) is 18.0 Å². The lowest BCUT2D eigenvalue weighted by molar-refractivity contribution is -0.117. The Hall–Kier alpha value is -3.07. The van der Waals surface area contributed by atoms with Gasteiger partial charge in [-0.25, -0.2) is 13.2 Å². The molecule has 1 N–H and O–H groups in total. The van der Waals surface area contributed by atoms with Crippen LogP contribution in [0.2, 0.25) is 0 Å². The van der Waals surface area contributed by atoms with Gasteiger partial charge in [0.05, 0.1) is 36.9 Å². The molecule has 2 aromatic carbocycles. The van der Waals surface area contributed by atoms with E-state index in [0.29, 0.717) is 18.0 Å². The summed E-state index contributed by atoms with van der Waals surface area (Å²) in [6, 6.07) is 11.8. The molecule has 0 saturated carbocycles. The van der Waals surface area contributed by atoms with Crippen molar-refractivity contribution in [1.82, 2.24) is 0 Å². The van der Waals surface area contributed by atoms with E-state index in [1.54, 1.807) is 49.4 Å². The molecule has 0 bridgehead atoms. The third-order valence-electron chi connectivity index (χ3n) is 4.32. The summed E-state index contributed by atoms with van der Waals surface area (Å²) in [5.41, 5.74) is 0.757. The zero-order valence-electron chi connectivity index (χ0n) is 17.4. The number of ether oxygens (including phenoxy) is 2. The smallest absolute Gasteiger partial charge is 0.339 e. The number of nitrogens with one attached hydrogen (secondary N) is 1. The molecule has 8 nitrogen and oxygen atoms in total. The van der Waals surface area contributed by atoms with E-state index < -0.39 is 27.9 Å². The highest BCUT2D eigenvalue weighted by molar-refractivity contribution is 7.92. The van der Waals surface area contributed by atoms with Gasteiger partial charge < -0.3 is 14.8 Å². The monoisotopic (exact) mass is 434 g/mol. The number of methoxy groups -OCH3 is 1. The molecule has 1 atom stereocenters. The van der Waals surface area contributed by atoms with Crippen LogP contribution in [0.15, 0.2) is 48.5 Å². The molecule has 0 saturated heterocycles. The van der Waals surface area contributed by atoms with Gasteiger partial charge in [0.2, 0.25) is 15.9 Å². The Kier molecular flexibility index (Phi) is 7.82. The summed E-state index contributed by atoms with van der Waals surface area (Å²) in [6.45, 7) is 4.04. The van der Waals surface area contributed by atoms with Crippen molar-refractivity contribution in [3.8, 4) is 5.75 Å². The van der Waals surface area contributed by atoms with Crippen LogP contribution in [-0.4, -0.2) is 46.3 Å². The van der Waals surface area contributed by atoms with Crippen LogP contribution in [-0.2, 0) is 19.6 Å². The average molecular weight is 435 g/mol. The van der Waals surface area contributed by atoms with E-state index in [2.05, 4.69) is 5.32 Å². The number of hydrogen-bond donors (Lipinski definition) is 1. The molecule has 0 aliphatic heterocycles. The maximum Gasteiger partial charge on any atom is 0.339 e. The van der Waals surface area contributed by atoms with Crippen molar-refractivity contribution in [3.05, 3.63) is 54.1 Å². The lowest BCUT2D eigenvalue weighted by atomic mass is 10.1. The molecular formula is C21H26N2O6S. The van der Waals surface area contributed by atoms with E-state index in [0.717, 1.165) is 10.6 Å². The molecule has 9 heteroatoms. The first-order valence-electron chi connectivity index (χ1n) is 9.43. The molecule has 0 heterocycles. The predicted molar refractivity (Wildman–Crippen MR) is 115 cm³/mol. The standard InChI is InChI=1S/C21H26N2O6S/c1-5-19(20(24)22-18-10-8-7-9-17(18)21(25)28-3)23(30(4,26)27)15-11-13-16(14-12-15)29-6-2/h7-14,19H,5-6H2,1-4H3,(H,22,24)/t19-/m0/s1. The van der Waals surface area contributed by atoms with E-state index in [4.69, 9.17) is 9.47 Å². The van der Waals surface area contributed by atoms with Crippen LogP contribution in [0.4, 0.5) is 11.4 Å². The van der Waals surface area contributed by atoms with Crippen molar-refractivity contribution in [1.29, 1.82) is 0 Å². The Balaban J connectivity index is 2.38. The summed E-state index contributed by atoms with van der Waals surface area (Å²) in [4.78, 5) is 25.0. The van der Waals surface area contributed by atoms with Crippen molar-refractivity contribution in [2.24, 2.45) is 0 Å². The van der Waals surface area contributed by atoms with Gasteiger partial charge in [-0.15, -0.1) is 0 Å². The molecule has 0 aliphatic carbocycles. The van der Waals surface area contributed by atoms with Gasteiger partial charge >= 0.3 is 5.97 Å². The molecule has 1 amide bonds. The molecule has 0 aliphatic rings. The average Bonchev–Trinajstić information content (AvgIpc) is 2.71. The Morgan fingerprint density at radius 1 is 1.07 bits per heavy atom. The number of nitrogens with zero attached hydrogens (tertiary/aromatic N) is 1. The minimum atomic E-state index is -3.78. The van der Waals surface area contributed by atoms with Crippen molar-refractivity contribution in [2.45, 2.75) is 26.3 Å². The number of rotatable bonds is 9. The molecule has 0 spiro atoms. The SMILES string of the molecule is CCOc1ccc(N([C@@H](CC)C(=O)Nc2ccccc2C(=O)OC)S(C)(=O)=O)cc1. The second kappa shape index (κ2) is 10.1. The molecule has 0 unspecified atom stereocenters. The highest BCUT2D eigenvalue weighted by atomic mass is 32.2. The van der Waals surface area contributed by atoms with Crippen LogP contribution >= 0.6 is 0 Å². The Morgan fingerprint density at radius 2 is 1.70 bits per heavy atom. The summed E-state index contributed by atoms with van der Waals surface area (Å²) in [5, 5.41) is 2.66. The number of sulfonamides is 1. The van der Waals surface area contributed by atoms with Gasteiger partial charge in [0.15, 0.2) is 0 Å². The first kappa shape index (κ1) is 23.2. The van der Waals surface area contributed by atoms with Gasteiger partial charge in [-0.05, 0) is 49.7 Å². The van der Waals surface area contributed by atoms with Crippen LogP contribution in [0.1, 0.15) is 30.6 Å². The number of anilines is 2. The fraction of sp³-hybridized carbons (Fsp3) is 0.333. The quantitative estimate of drug-likeness (QED) is 0.609. The van der Waals surface area contributed by atoms with Crippen LogP contribution in [0.25, 0.3) is 0 Å². The molecule has 2 rings (SSSR count). The summed E-state index contributed by atoms with van der Waals surface area (Å²) in [6.07, 6.45) is 1.26. The lowest BCUT2D eigenvalue weighted by Gasteiger charge is -2.30. The van der Waals surface area contributed by atoms with Crippen molar-refractivity contribution in [2.75, 3.05) is 29.6 Å². The van der Waals surface area contributed by atoms with E-state index >= 15 is 0 Å². The van der Waals surface area contributed by atoms with E-state index in [1.807, 2.05) is 6.92 Å². The van der Waals surface area contributed by atoms with Crippen LogP contribution in [0.3, 0.4) is 0 Å².